The van der Waals surface area contributed by atoms with Gasteiger partial charge in [0.05, 0.1) is 20.8 Å². The van der Waals surface area contributed by atoms with Crippen LogP contribution in [0.1, 0.15) is 29.8 Å². The van der Waals surface area contributed by atoms with Crippen molar-refractivity contribution < 1.29 is 23.8 Å². The number of rotatable bonds is 10. The molecule has 3 aromatic carbocycles. The summed E-state index contributed by atoms with van der Waals surface area (Å²) in [5, 5.41) is 5.54. The minimum absolute atomic E-state index is 0.0936. The molecular formula is C28H30N2O5. The Balaban J connectivity index is 1.80. The van der Waals surface area contributed by atoms with Gasteiger partial charge in [-0.25, -0.2) is 0 Å². The van der Waals surface area contributed by atoms with Crippen molar-refractivity contribution in [2.24, 2.45) is 5.92 Å². The zero-order valence-corrected chi connectivity index (χ0v) is 20.3. The summed E-state index contributed by atoms with van der Waals surface area (Å²) in [4.78, 5) is 26.0. The maximum absolute atomic E-state index is 13.1. The van der Waals surface area contributed by atoms with Gasteiger partial charge in [0, 0.05) is 11.3 Å². The number of ether oxygens (including phenoxy) is 3. The topological polar surface area (TPSA) is 85.9 Å². The average Bonchev–Trinajstić information content (AvgIpc) is 2.88. The van der Waals surface area contributed by atoms with Crippen LogP contribution in [-0.4, -0.2) is 32.6 Å². The maximum Gasteiger partial charge on any atom is 0.272 e. The van der Waals surface area contributed by atoms with E-state index in [4.69, 9.17) is 14.2 Å². The fourth-order valence-electron chi connectivity index (χ4n) is 3.06. The smallest absolute Gasteiger partial charge is 0.272 e. The van der Waals surface area contributed by atoms with Crippen LogP contribution in [0.3, 0.4) is 0 Å². The monoisotopic (exact) mass is 474 g/mol. The lowest BCUT2D eigenvalue weighted by molar-refractivity contribution is -0.113. The first-order chi connectivity index (χ1) is 16.9. The summed E-state index contributed by atoms with van der Waals surface area (Å²) in [6.45, 7) is 4.72. The number of methoxy groups -OCH3 is 2. The first-order valence-corrected chi connectivity index (χ1v) is 11.2. The van der Waals surface area contributed by atoms with Gasteiger partial charge in [-0.05, 0) is 78.2 Å². The molecule has 7 nitrogen and oxygen atoms in total. The van der Waals surface area contributed by atoms with Crippen molar-refractivity contribution in [3.8, 4) is 17.2 Å². The Hall–Kier alpha value is -4.26. The van der Waals surface area contributed by atoms with Gasteiger partial charge < -0.3 is 24.8 Å². The summed E-state index contributed by atoms with van der Waals surface area (Å²) in [6.07, 6.45) is 1.61. The normalized spacial score (nSPS) is 11.1. The highest BCUT2D eigenvalue weighted by Crippen LogP contribution is 2.18. The molecule has 0 saturated heterocycles. The van der Waals surface area contributed by atoms with Crippen LogP contribution in [0.25, 0.3) is 6.08 Å². The predicted octanol–water partition coefficient (Wildman–Crippen LogP) is 5.15. The maximum atomic E-state index is 13.1. The first kappa shape index (κ1) is 25.4. The molecule has 0 spiro atoms. The Morgan fingerprint density at radius 2 is 1.34 bits per heavy atom. The molecule has 182 valence electrons. The number of anilines is 1. The lowest BCUT2D eigenvalue weighted by Gasteiger charge is -2.13. The highest BCUT2D eigenvalue weighted by atomic mass is 16.5. The third-order valence-corrected chi connectivity index (χ3v) is 4.97. The highest BCUT2D eigenvalue weighted by Gasteiger charge is 2.15. The van der Waals surface area contributed by atoms with Gasteiger partial charge in [-0.2, -0.15) is 0 Å². The molecule has 0 bridgehead atoms. The van der Waals surface area contributed by atoms with Crippen molar-refractivity contribution in [2.45, 2.75) is 13.8 Å². The molecule has 3 aromatic rings. The molecule has 0 unspecified atom stereocenters. The molecule has 0 atom stereocenters. The number of hydrogen-bond acceptors (Lipinski definition) is 5. The Labute approximate surface area is 205 Å². The number of carbonyl (C=O) groups is 2. The summed E-state index contributed by atoms with van der Waals surface area (Å²) in [5.74, 6) is 1.57. The van der Waals surface area contributed by atoms with E-state index in [0.29, 0.717) is 41.0 Å². The molecule has 2 N–H and O–H groups in total. The summed E-state index contributed by atoms with van der Waals surface area (Å²) >= 11 is 0. The van der Waals surface area contributed by atoms with Crippen LogP contribution in [-0.2, 0) is 4.79 Å². The second kappa shape index (κ2) is 12.3. The third-order valence-electron chi connectivity index (χ3n) is 4.97. The molecule has 0 aliphatic carbocycles. The SMILES string of the molecule is COc1ccc(/C=C(\NC(=O)c2ccc(OCC(C)C)cc2)C(=O)Nc2ccc(OC)cc2)cc1. The Bertz CT molecular complexity index is 1150. The van der Waals surface area contributed by atoms with Crippen molar-refractivity contribution in [2.75, 3.05) is 26.1 Å². The van der Waals surface area contributed by atoms with Gasteiger partial charge in [-0.3, -0.25) is 9.59 Å². The van der Waals surface area contributed by atoms with E-state index in [9.17, 15) is 9.59 Å². The number of nitrogens with one attached hydrogen (secondary N) is 2. The number of benzene rings is 3. The predicted molar refractivity (Wildman–Crippen MR) is 137 cm³/mol. The van der Waals surface area contributed by atoms with Crippen LogP contribution < -0.4 is 24.8 Å². The Kier molecular flexibility index (Phi) is 8.89. The highest BCUT2D eigenvalue weighted by molar-refractivity contribution is 6.10. The quantitative estimate of drug-likeness (QED) is 0.397. The van der Waals surface area contributed by atoms with Crippen molar-refractivity contribution in [1.82, 2.24) is 5.32 Å². The fourth-order valence-corrected chi connectivity index (χ4v) is 3.06. The molecule has 3 rings (SSSR count). The molecule has 35 heavy (non-hydrogen) atoms. The largest absolute Gasteiger partial charge is 0.497 e. The minimum Gasteiger partial charge on any atom is -0.497 e. The van der Waals surface area contributed by atoms with Gasteiger partial charge in [0.15, 0.2) is 0 Å². The zero-order valence-electron chi connectivity index (χ0n) is 20.3. The van der Waals surface area contributed by atoms with E-state index in [1.54, 1.807) is 93.1 Å². The van der Waals surface area contributed by atoms with E-state index in [0.717, 1.165) is 5.56 Å². The lowest BCUT2D eigenvalue weighted by atomic mass is 10.1. The molecule has 0 heterocycles. The number of amides is 2. The average molecular weight is 475 g/mol. The molecule has 0 aliphatic heterocycles. The standard InChI is InChI=1S/C28H30N2O5/c1-19(2)18-35-25-13-7-21(8-14-25)27(31)30-26(17-20-5-11-23(33-3)12-6-20)28(32)29-22-9-15-24(34-4)16-10-22/h5-17,19H,18H2,1-4H3,(H,29,32)(H,30,31)/b26-17-. The molecule has 0 aromatic heterocycles. The van der Waals surface area contributed by atoms with E-state index < -0.39 is 11.8 Å². The molecule has 2 amide bonds. The van der Waals surface area contributed by atoms with Crippen molar-refractivity contribution in [1.29, 1.82) is 0 Å². The Morgan fingerprint density at radius 1 is 0.800 bits per heavy atom. The zero-order chi connectivity index (χ0) is 25.2. The van der Waals surface area contributed by atoms with Crippen molar-refractivity contribution in [3.05, 3.63) is 89.6 Å². The molecule has 0 radical (unpaired) electrons. The van der Waals surface area contributed by atoms with E-state index in [-0.39, 0.29) is 5.70 Å². The van der Waals surface area contributed by atoms with Crippen LogP contribution in [0, 0.1) is 5.92 Å². The summed E-state index contributed by atoms with van der Waals surface area (Å²) in [7, 11) is 3.15. The van der Waals surface area contributed by atoms with E-state index in [1.165, 1.54) is 0 Å². The van der Waals surface area contributed by atoms with Crippen molar-refractivity contribution >= 4 is 23.6 Å². The summed E-state index contributed by atoms with van der Waals surface area (Å²) in [5.41, 5.74) is 1.79. The van der Waals surface area contributed by atoms with Gasteiger partial charge in [0.2, 0.25) is 0 Å². The molecule has 0 aliphatic rings. The van der Waals surface area contributed by atoms with Gasteiger partial charge in [0.1, 0.15) is 22.9 Å². The van der Waals surface area contributed by atoms with Crippen LogP contribution in [0.15, 0.2) is 78.5 Å². The van der Waals surface area contributed by atoms with Crippen LogP contribution in [0.2, 0.25) is 0 Å². The van der Waals surface area contributed by atoms with Gasteiger partial charge in [-0.1, -0.05) is 26.0 Å². The van der Waals surface area contributed by atoms with Crippen LogP contribution in [0.4, 0.5) is 5.69 Å². The second-order valence-electron chi connectivity index (χ2n) is 8.20. The number of carbonyl (C=O) groups excluding carboxylic acids is 2. The molecule has 0 fully saturated rings. The second-order valence-corrected chi connectivity index (χ2v) is 8.20. The fraction of sp³-hybridized carbons (Fsp3) is 0.214. The van der Waals surface area contributed by atoms with E-state index in [1.807, 2.05) is 0 Å². The Morgan fingerprint density at radius 3 is 1.89 bits per heavy atom. The van der Waals surface area contributed by atoms with Crippen LogP contribution in [0.5, 0.6) is 17.2 Å². The van der Waals surface area contributed by atoms with Gasteiger partial charge >= 0.3 is 0 Å². The minimum atomic E-state index is -0.462. The molecular weight excluding hydrogens is 444 g/mol. The van der Waals surface area contributed by atoms with Gasteiger partial charge in [-0.15, -0.1) is 0 Å². The third kappa shape index (κ3) is 7.64. The first-order valence-electron chi connectivity index (χ1n) is 11.2. The van der Waals surface area contributed by atoms with Gasteiger partial charge in [0.25, 0.3) is 11.8 Å². The number of hydrogen-bond donors (Lipinski definition) is 2. The van der Waals surface area contributed by atoms with E-state index in [2.05, 4.69) is 24.5 Å². The van der Waals surface area contributed by atoms with Crippen molar-refractivity contribution in [3.63, 3.8) is 0 Å². The molecule has 0 saturated carbocycles. The molecule has 7 heteroatoms. The summed E-state index contributed by atoms with van der Waals surface area (Å²) < 4.78 is 16.0. The van der Waals surface area contributed by atoms with Crippen LogP contribution >= 0.6 is 0 Å². The summed E-state index contributed by atoms with van der Waals surface area (Å²) in [6, 6.07) is 20.9. The van der Waals surface area contributed by atoms with E-state index >= 15 is 0 Å². The lowest BCUT2D eigenvalue weighted by Crippen LogP contribution is -2.30.